The summed E-state index contributed by atoms with van der Waals surface area (Å²) in [6.07, 6.45) is 1.39. The molecule has 0 spiro atoms. The molecule has 2 saturated heterocycles. The molecule has 0 aliphatic carbocycles. The minimum absolute atomic E-state index is 0. The van der Waals surface area contributed by atoms with Crippen LogP contribution in [0.25, 0.3) is 0 Å². The van der Waals surface area contributed by atoms with Crippen LogP contribution in [0.15, 0.2) is 0 Å². The van der Waals surface area contributed by atoms with Crippen molar-refractivity contribution < 1.29 is 9.59 Å². The lowest BCUT2D eigenvalue weighted by Gasteiger charge is -2.26. The number of halogens is 1. The molecule has 0 radical (unpaired) electrons. The zero-order valence-corrected chi connectivity index (χ0v) is 11.1. The number of amides is 2. The number of carbonyl (C=O) groups excluding carboxylic acids is 2. The maximum atomic E-state index is 12.1. The first kappa shape index (κ1) is 14.3. The van der Waals surface area contributed by atoms with Crippen molar-refractivity contribution in [2.45, 2.75) is 18.9 Å². The van der Waals surface area contributed by atoms with Crippen LogP contribution < -0.4 is 5.32 Å². The number of carbonyl (C=O) groups is 2. The van der Waals surface area contributed by atoms with Gasteiger partial charge in [-0.05, 0) is 13.0 Å². The van der Waals surface area contributed by atoms with E-state index in [2.05, 4.69) is 5.32 Å². The SMILES string of the molecule is CN1CC(C(=O)N(C)C2CCNC2)CC1=O.Cl. The number of hydrogen-bond donors (Lipinski definition) is 1. The van der Waals surface area contributed by atoms with Gasteiger partial charge in [-0.3, -0.25) is 9.59 Å². The lowest BCUT2D eigenvalue weighted by atomic mass is 10.1. The fraction of sp³-hybridized carbons (Fsp3) is 0.818. The summed E-state index contributed by atoms with van der Waals surface area (Å²) < 4.78 is 0. The van der Waals surface area contributed by atoms with Crippen molar-refractivity contribution in [3.05, 3.63) is 0 Å². The van der Waals surface area contributed by atoms with E-state index >= 15 is 0 Å². The average Bonchev–Trinajstić information content (AvgIpc) is 2.87. The van der Waals surface area contributed by atoms with E-state index in [9.17, 15) is 9.59 Å². The van der Waals surface area contributed by atoms with Crippen LogP contribution in [0.2, 0.25) is 0 Å². The summed E-state index contributed by atoms with van der Waals surface area (Å²) in [7, 11) is 3.61. The molecule has 6 heteroatoms. The molecule has 0 bridgehead atoms. The lowest BCUT2D eigenvalue weighted by Crippen LogP contribution is -2.42. The molecular weight excluding hydrogens is 242 g/mol. The van der Waals surface area contributed by atoms with Gasteiger partial charge in [-0.1, -0.05) is 0 Å². The van der Waals surface area contributed by atoms with E-state index in [0.717, 1.165) is 19.5 Å². The van der Waals surface area contributed by atoms with Crippen molar-refractivity contribution in [3.8, 4) is 0 Å². The van der Waals surface area contributed by atoms with Crippen molar-refractivity contribution in [1.82, 2.24) is 15.1 Å². The fourth-order valence-corrected chi connectivity index (χ4v) is 2.47. The Morgan fingerprint density at radius 2 is 2.24 bits per heavy atom. The van der Waals surface area contributed by atoms with Crippen LogP contribution in [0.4, 0.5) is 0 Å². The Morgan fingerprint density at radius 3 is 2.71 bits per heavy atom. The highest BCUT2D eigenvalue weighted by Gasteiger charge is 2.35. The Morgan fingerprint density at radius 1 is 1.53 bits per heavy atom. The highest BCUT2D eigenvalue weighted by atomic mass is 35.5. The summed E-state index contributed by atoms with van der Waals surface area (Å²) >= 11 is 0. The van der Waals surface area contributed by atoms with Crippen molar-refractivity contribution in [2.75, 3.05) is 33.7 Å². The smallest absolute Gasteiger partial charge is 0.228 e. The van der Waals surface area contributed by atoms with Gasteiger partial charge in [0.2, 0.25) is 11.8 Å². The molecule has 2 unspecified atom stereocenters. The Hall–Kier alpha value is -0.810. The van der Waals surface area contributed by atoms with Gasteiger partial charge < -0.3 is 15.1 Å². The number of nitrogens with zero attached hydrogens (tertiary/aromatic N) is 2. The fourth-order valence-electron chi connectivity index (χ4n) is 2.47. The van der Waals surface area contributed by atoms with Crippen molar-refractivity contribution in [1.29, 1.82) is 0 Å². The summed E-state index contributed by atoms with van der Waals surface area (Å²) in [5, 5.41) is 3.24. The Balaban J connectivity index is 0.00000144. The van der Waals surface area contributed by atoms with Gasteiger partial charge in [-0.25, -0.2) is 0 Å². The lowest BCUT2D eigenvalue weighted by molar-refractivity contribution is -0.136. The Labute approximate surface area is 108 Å². The first-order valence-electron chi connectivity index (χ1n) is 5.81. The topological polar surface area (TPSA) is 52.7 Å². The maximum Gasteiger partial charge on any atom is 0.228 e. The second kappa shape index (κ2) is 5.69. The number of rotatable bonds is 2. The third-order valence-electron chi connectivity index (χ3n) is 3.62. The molecule has 0 aromatic carbocycles. The van der Waals surface area contributed by atoms with Crippen molar-refractivity contribution in [3.63, 3.8) is 0 Å². The van der Waals surface area contributed by atoms with E-state index in [1.807, 2.05) is 11.9 Å². The molecule has 98 valence electrons. The molecule has 0 aromatic rings. The van der Waals surface area contributed by atoms with E-state index in [4.69, 9.17) is 0 Å². The predicted octanol–water partition coefficient (Wildman–Crippen LogP) is -0.293. The molecule has 2 aliphatic heterocycles. The van der Waals surface area contributed by atoms with E-state index < -0.39 is 0 Å². The maximum absolute atomic E-state index is 12.1. The van der Waals surface area contributed by atoms with Crippen LogP contribution in [0.5, 0.6) is 0 Å². The van der Waals surface area contributed by atoms with Gasteiger partial charge in [0.25, 0.3) is 0 Å². The largest absolute Gasteiger partial charge is 0.345 e. The highest BCUT2D eigenvalue weighted by molar-refractivity contribution is 5.89. The van der Waals surface area contributed by atoms with E-state index in [0.29, 0.717) is 19.0 Å². The van der Waals surface area contributed by atoms with Crippen molar-refractivity contribution >= 4 is 24.2 Å². The summed E-state index contributed by atoms with van der Waals surface area (Å²) in [6, 6.07) is 0.300. The first-order chi connectivity index (χ1) is 7.59. The normalized spacial score (nSPS) is 28.1. The molecule has 0 aromatic heterocycles. The molecule has 2 fully saturated rings. The number of likely N-dealkylation sites (N-methyl/N-ethyl adjacent to an activating group) is 1. The first-order valence-corrected chi connectivity index (χ1v) is 5.81. The summed E-state index contributed by atoms with van der Waals surface area (Å²) in [5.74, 6) is 0.0609. The van der Waals surface area contributed by atoms with Gasteiger partial charge in [0.05, 0.1) is 5.92 Å². The van der Waals surface area contributed by atoms with Crippen LogP contribution in [-0.4, -0.2) is 61.4 Å². The molecule has 2 amide bonds. The standard InChI is InChI=1S/C11H19N3O2.ClH/c1-13-7-8(5-10(13)15)11(16)14(2)9-3-4-12-6-9;/h8-9,12H,3-7H2,1-2H3;1H. The second-order valence-corrected chi connectivity index (χ2v) is 4.77. The van der Waals surface area contributed by atoms with E-state index in [-0.39, 0.29) is 30.1 Å². The average molecular weight is 262 g/mol. The minimum atomic E-state index is -0.136. The zero-order chi connectivity index (χ0) is 11.7. The quantitative estimate of drug-likeness (QED) is 0.743. The summed E-state index contributed by atoms with van der Waals surface area (Å²) in [4.78, 5) is 27.0. The van der Waals surface area contributed by atoms with Gasteiger partial charge in [0.15, 0.2) is 0 Å². The summed E-state index contributed by atoms with van der Waals surface area (Å²) in [6.45, 7) is 2.42. The van der Waals surface area contributed by atoms with Crippen LogP contribution in [-0.2, 0) is 9.59 Å². The number of nitrogens with one attached hydrogen (secondary N) is 1. The van der Waals surface area contributed by atoms with E-state index in [1.165, 1.54) is 0 Å². The van der Waals surface area contributed by atoms with Crippen LogP contribution in [0.1, 0.15) is 12.8 Å². The number of hydrogen-bond acceptors (Lipinski definition) is 3. The Bertz CT molecular complexity index is 305. The molecule has 0 saturated carbocycles. The summed E-state index contributed by atoms with van der Waals surface area (Å²) in [5.41, 5.74) is 0. The predicted molar refractivity (Wildman–Crippen MR) is 67.0 cm³/mol. The van der Waals surface area contributed by atoms with Crippen LogP contribution in [0, 0.1) is 5.92 Å². The monoisotopic (exact) mass is 261 g/mol. The molecule has 2 aliphatic rings. The number of likely N-dealkylation sites (tertiary alicyclic amines) is 1. The third kappa shape index (κ3) is 2.90. The highest BCUT2D eigenvalue weighted by Crippen LogP contribution is 2.20. The minimum Gasteiger partial charge on any atom is -0.345 e. The molecule has 2 rings (SSSR count). The van der Waals surface area contributed by atoms with Gasteiger partial charge in [-0.2, -0.15) is 0 Å². The molecule has 1 N–H and O–H groups in total. The second-order valence-electron chi connectivity index (χ2n) is 4.77. The van der Waals surface area contributed by atoms with Crippen molar-refractivity contribution in [2.24, 2.45) is 5.92 Å². The molecule has 5 nitrogen and oxygen atoms in total. The van der Waals surface area contributed by atoms with Gasteiger partial charge in [0.1, 0.15) is 0 Å². The van der Waals surface area contributed by atoms with Crippen LogP contribution >= 0.6 is 12.4 Å². The van der Waals surface area contributed by atoms with Gasteiger partial charge in [0, 0.05) is 39.6 Å². The molecule has 17 heavy (non-hydrogen) atoms. The van der Waals surface area contributed by atoms with Crippen LogP contribution in [0.3, 0.4) is 0 Å². The zero-order valence-electron chi connectivity index (χ0n) is 10.3. The molecule has 2 heterocycles. The molecule has 2 atom stereocenters. The van der Waals surface area contributed by atoms with E-state index in [1.54, 1.807) is 11.9 Å². The molecular formula is C11H20ClN3O2. The third-order valence-corrected chi connectivity index (χ3v) is 3.62. The Kier molecular flexibility index (Phi) is 4.77. The van der Waals surface area contributed by atoms with Gasteiger partial charge >= 0.3 is 0 Å². The van der Waals surface area contributed by atoms with Gasteiger partial charge in [-0.15, -0.1) is 12.4 Å².